The van der Waals surface area contributed by atoms with Crippen molar-refractivity contribution < 1.29 is 4.79 Å². The molecule has 0 unspecified atom stereocenters. The Labute approximate surface area is 113 Å². The van der Waals surface area contributed by atoms with Crippen LogP contribution < -0.4 is 5.73 Å². The standard InChI is InChI=1S/C14H19ClN2O/c15-13-5-3-11(4-6-13)7-8-17(10-14(16)18)9-12-1-2-12/h3-6,12H,1-2,7-10H2,(H2,16,18). The number of nitrogens with zero attached hydrogens (tertiary/aromatic N) is 1. The normalized spacial score (nSPS) is 15.0. The molecule has 0 saturated heterocycles. The molecule has 18 heavy (non-hydrogen) atoms. The van der Waals surface area contributed by atoms with Crippen molar-refractivity contribution in [3.63, 3.8) is 0 Å². The SMILES string of the molecule is NC(=O)CN(CCc1ccc(Cl)cc1)CC1CC1. The number of hydrogen-bond donors (Lipinski definition) is 1. The smallest absolute Gasteiger partial charge is 0.231 e. The molecule has 0 heterocycles. The van der Waals surface area contributed by atoms with Crippen molar-refractivity contribution in [1.29, 1.82) is 0 Å². The highest BCUT2D eigenvalue weighted by Crippen LogP contribution is 2.29. The molecule has 0 spiro atoms. The number of benzene rings is 1. The maximum Gasteiger partial charge on any atom is 0.231 e. The number of rotatable bonds is 7. The van der Waals surface area contributed by atoms with Gasteiger partial charge in [-0.25, -0.2) is 0 Å². The summed E-state index contributed by atoms with van der Waals surface area (Å²) in [5.41, 5.74) is 6.52. The summed E-state index contributed by atoms with van der Waals surface area (Å²) < 4.78 is 0. The number of carbonyl (C=O) groups excluding carboxylic acids is 1. The van der Waals surface area contributed by atoms with Gasteiger partial charge in [0, 0.05) is 18.1 Å². The van der Waals surface area contributed by atoms with Gasteiger partial charge in [0.1, 0.15) is 0 Å². The molecule has 0 aliphatic heterocycles. The molecule has 2 N–H and O–H groups in total. The van der Waals surface area contributed by atoms with E-state index < -0.39 is 0 Å². The first-order valence-corrected chi connectivity index (χ1v) is 6.76. The van der Waals surface area contributed by atoms with Crippen LogP contribution in [0.3, 0.4) is 0 Å². The molecule has 0 radical (unpaired) electrons. The van der Waals surface area contributed by atoms with E-state index in [1.807, 2.05) is 24.3 Å². The largest absolute Gasteiger partial charge is 0.369 e. The zero-order chi connectivity index (χ0) is 13.0. The van der Waals surface area contributed by atoms with Gasteiger partial charge in [-0.3, -0.25) is 9.69 Å². The Morgan fingerprint density at radius 2 is 2.00 bits per heavy atom. The van der Waals surface area contributed by atoms with E-state index in [1.54, 1.807) is 0 Å². The zero-order valence-corrected chi connectivity index (χ0v) is 11.2. The number of amides is 1. The lowest BCUT2D eigenvalue weighted by atomic mass is 10.1. The molecule has 1 saturated carbocycles. The van der Waals surface area contributed by atoms with Gasteiger partial charge in [-0.1, -0.05) is 23.7 Å². The molecule has 1 aromatic rings. The molecule has 4 heteroatoms. The first kappa shape index (κ1) is 13.4. The fraction of sp³-hybridized carbons (Fsp3) is 0.500. The number of primary amides is 1. The maximum absolute atomic E-state index is 11.0. The highest BCUT2D eigenvalue weighted by molar-refractivity contribution is 6.30. The van der Waals surface area contributed by atoms with Gasteiger partial charge < -0.3 is 5.73 Å². The quantitative estimate of drug-likeness (QED) is 0.821. The fourth-order valence-corrected chi connectivity index (χ4v) is 2.19. The van der Waals surface area contributed by atoms with E-state index in [-0.39, 0.29) is 5.91 Å². The lowest BCUT2D eigenvalue weighted by Crippen LogP contribution is -2.36. The van der Waals surface area contributed by atoms with E-state index in [0.29, 0.717) is 6.54 Å². The van der Waals surface area contributed by atoms with E-state index in [0.717, 1.165) is 30.5 Å². The van der Waals surface area contributed by atoms with Crippen molar-refractivity contribution in [2.45, 2.75) is 19.3 Å². The third kappa shape index (κ3) is 4.67. The van der Waals surface area contributed by atoms with Gasteiger partial charge in [0.05, 0.1) is 6.54 Å². The number of halogens is 1. The zero-order valence-electron chi connectivity index (χ0n) is 10.4. The fourth-order valence-electron chi connectivity index (χ4n) is 2.06. The molecule has 2 rings (SSSR count). The van der Waals surface area contributed by atoms with Crippen LogP contribution >= 0.6 is 11.6 Å². The van der Waals surface area contributed by atoms with Crippen LogP contribution in [0.4, 0.5) is 0 Å². The highest BCUT2D eigenvalue weighted by Gasteiger charge is 2.24. The summed E-state index contributed by atoms with van der Waals surface area (Å²) in [5, 5.41) is 0.755. The van der Waals surface area contributed by atoms with E-state index in [2.05, 4.69) is 4.90 Å². The van der Waals surface area contributed by atoms with Crippen molar-refractivity contribution in [3.8, 4) is 0 Å². The first-order valence-electron chi connectivity index (χ1n) is 6.38. The molecular formula is C14H19ClN2O. The van der Waals surface area contributed by atoms with Gasteiger partial charge in [-0.05, 0) is 42.9 Å². The van der Waals surface area contributed by atoms with Gasteiger partial charge >= 0.3 is 0 Å². The minimum atomic E-state index is -0.244. The summed E-state index contributed by atoms with van der Waals surface area (Å²) in [4.78, 5) is 13.2. The maximum atomic E-state index is 11.0. The van der Waals surface area contributed by atoms with Gasteiger partial charge in [-0.2, -0.15) is 0 Å². The van der Waals surface area contributed by atoms with Gasteiger partial charge in [0.15, 0.2) is 0 Å². The average Bonchev–Trinajstić information content (AvgIpc) is 3.11. The molecule has 0 atom stereocenters. The summed E-state index contributed by atoms with van der Waals surface area (Å²) in [6.45, 7) is 2.24. The first-order chi connectivity index (χ1) is 8.63. The van der Waals surface area contributed by atoms with Crippen molar-refractivity contribution >= 4 is 17.5 Å². The second kappa shape index (κ2) is 6.21. The van der Waals surface area contributed by atoms with Crippen molar-refractivity contribution in [1.82, 2.24) is 4.90 Å². The predicted octanol–water partition coefficient (Wildman–Crippen LogP) is 2.08. The number of nitrogens with two attached hydrogens (primary N) is 1. The van der Waals surface area contributed by atoms with Crippen molar-refractivity contribution in [3.05, 3.63) is 34.9 Å². The molecule has 1 amide bonds. The molecule has 0 aromatic heterocycles. The van der Waals surface area contributed by atoms with Crippen LogP contribution in [0, 0.1) is 5.92 Å². The summed E-state index contributed by atoms with van der Waals surface area (Å²) in [5.74, 6) is 0.529. The molecule has 0 bridgehead atoms. The average molecular weight is 267 g/mol. The monoisotopic (exact) mass is 266 g/mol. The second-order valence-electron chi connectivity index (χ2n) is 5.02. The summed E-state index contributed by atoms with van der Waals surface area (Å²) in [6.07, 6.45) is 3.50. The molecule has 1 aliphatic carbocycles. The summed E-state index contributed by atoms with van der Waals surface area (Å²) in [6, 6.07) is 7.86. The predicted molar refractivity (Wildman–Crippen MR) is 73.5 cm³/mol. The lowest BCUT2D eigenvalue weighted by molar-refractivity contribution is -0.119. The molecule has 3 nitrogen and oxygen atoms in total. The Bertz CT molecular complexity index is 401. The Morgan fingerprint density at radius 1 is 1.33 bits per heavy atom. The molecular weight excluding hydrogens is 248 g/mol. The Hall–Kier alpha value is -1.06. The van der Waals surface area contributed by atoms with Crippen LogP contribution in [0.5, 0.6) is 0 Å². The Kier molecular flexibility index (Phi) is 4.61. The molecule has 1 aliphatic rings. The van der Waals surface area contributed by atoms with Gasteiger partial charge in [0.2, 0.25) is 5.91 Å². The number of hydrogen-bond acceptors (Lipinski definition) is 2. The number of carbonyl (C=O) groups is 1. The van der Waals surface area contributed by atoms with E-state index in [9.17, 15) is 4.79 Å². The molecule has 1 fully saturated rings. The van der Waals surface area contributed by atoms with E-state index in [4.69, 9.17) is 17.3 Å². The third-order valence-electron chi connectivity index (χ3n) is 3.22. The van der Waals surface area contributed by atoms with Crippen LogP contribution in [0.15, 0.2) is 24.3 Å². The summed E-state index contributed by atoms with van der Waals surface area (Å²) in [7, 11) is 0. The topological polar surface area (TPSA) is 46.3 Å². The Balaban J connectivity index is 1.83. The third-order valence-corrected chi connectivity index (χ3v) is 3.47. The van der Waals surface area contributed by atoms with Crippen molar-refractivity contribution in [2.24, 2.45) is 11.7 Å². The minimum absolute atomic E-state index is 0.244. The van der Waals surface area contributed by atoms with Crippen LogP contribution in [0.1, 0.15) is 18.4 Å². The van der Waals surface area contributed by atoms with Gasteiger partial charge in [0.25, 0.3) is 0 Å². The van der Waals surface area contributed by atoms with Crippen LogP contribution in [0.2, 0.25) is 5.02 Å². The molecule has 1 aromatic carbocycles. The van der Waals surface area contributed by atoms with E-state index >= 15 is 0 Å². The van der Waals surface area contributed by atoms with Crippen LogP contribution in [-0.2, 0) is 11.2 Å². The van der Waals surface area contributed by atoms with Crippen molar-refractivity contribution in [2.75, 3.05) is 19.6 Å². The minimum Gasteiger partial charge on any atom is -0.369 e. The second-order valence-corrected chi connectivity index (χ2v) is 5.46. The Morgan fingerprint density at radius 3 is 2.56 bits per heavy atom. The van der Waals surface area contributed by atoms with E-state index in [1.165, 1.54) is 18.4 Å². The highest BCUT2D eigenvalue weighted by atomic mass is 35.5. The van der Waals surface area contributed by atoms with Gasteiger partial charge in [-0.15, -0.1) is 0 Å². The van der Waals surface area contributed by atoms with Crippen LogP contribution in [-0.4, -0.2) is 30.4 Å². The lowest BCUT2D eigenvalue weighted by Gasteiger charge is -2.20. The van der Waals surface area contributed by atoms with Crippen LogP contribution in [0.25, 0.3) is 0 Å². The summed E-state index contributed by atoms with van der Waals surface area (Å²) >= 11 is 5.85. The molecule has 98 valence electrons.